The second-order valence-corrected chi connectivity index (χ2v) is 11.0. The minimum Gasteiger partial charge on any atom is -0.270 e. The van der Waals surface area contributed by atoms with Crippen LogP contribution in [-0.4, -0.2) is 33.5 Å². The van der Waals surface area contributed by atoms with Crippen molar-refractivity contribution in [1.82, 2.24) is 14.4 Å². The largest absolute Gasteiger partial charge is 0.285 e. The van der Waals surface area contributed by atoms with Crippen molar-refractivity contribution >= 4 is 19.2 Å². The fraction of sp³-hybridized carbons (Fsp3) is 0.700. The van der Waals surface area contributed by atoms with Crippen molar-refractivity contribution in [2.45, 2.75) is 90.5 Å². The summed E-state index contributed by atoms with van der Waals surface area (Å²) in [5, 5.41) is 4.30. The normalized spacial score (nSPS) is 27.8. The van der Waals surface area contributed by atoms with Gasteiger partial charge in [-0.1, -0.05) is 36.6 Å². The van der Waals surface area contributed by atoms with Crippen molar-refractivity contribution in [2.24, 2.45) is 0 Å². The lowest BCUT2D eigenvalue weighted by Gasteiger charge is -2.38. The van der Waals surface area contributed by atoms with Crippen LogP contribution >= 0.6 is 19.2 Å². The number of hydrogen-bond acceptors (Lipinski definition) is 1. The highest BCUT2D eigenvalue weighted by Gasteiger charge is 2.57. The number of fused-ring (bicyclic) bond motifs is 1. The molecule has 0 bridgehead atoms. The first-order valence-electron chi connectivity index (χ1n) is 9.96. The Morgan fingerprint density at radius 1 is 0.962 bits per heavy atom. The Balaban J connectivity index is 1.96. The molecule has 0 aromatic heterocycles. The zero-order chi connectivity index (χ0) is 19.1. The summed E-state index contributed by atoms with van der Waals surface area (Å²) < 4.78 is 19.1. The fourth-order valence-corrected chi connectivity index (χ4v) is 8.71. The van der Waals surface area contributed by atoms with Gasteiger partial charge in [0.25, 0.3) is 7.59 Å². The first kappa shape index (κ1) is 20.4. The maximum atomic E-state index is 14.5. The van der Waals surface area contributed by atoms with E-state index in [-0.39, 0.29) is 18.1 Å². The third-order valence-corrected chi connectivity index (χ3v) is 9.53. The van der Waals surface area contributed by atoms with E-state index in [9.17, 15) is 4.57 Å². The van der Waals surface area contributed by atoms with Gasteiger partial charge in [0, 0.05) is 35.2 Å². The summed E-state index contributed by atoms with van der Waals surface area (Å²) in [4.78, 5) is 0. The Labute approximate surface area is 163 Å². The molecule has 1 saturated carbocycles. The quantitative estimate of drug-likeness (QED) is 0.632. The van der Waals surface area contributed by atoms with E-state index in [0.717, 1.165) is 23.4 Å². The van der Waals surface area contributed by atoms with Crippen LogP contribution in [0.4, 0.5) is 0 Å². The molecule has 26 heavy (non-hydrogen) atoms. The first-order valence-corrected chi connectivity index (χ1v) is 12.0. The number of rotatable bonds is 5. The summed E-state index contributed by atoms with van der Waals surface area (Å²) >= 11 is 6.03. The van der Waals surface area contributed by atoms with Crippen molar-refractivity contribution in [3.63, 3.8) is 0 Å². The molecule has 0 spiro atoms. The molecular formula is C20H33ClN3OP. The van der Waals surface area contributed by atoms with Crippen LogP contribution in [0.15, 0.2) is 24.3 Å². The molecule has 0 unspecified atom stereocenters. The Hall–Kier alpha value is -0.380. The van der Waals surface area contributed by atoms with Crippen LogP contribution in [0.5, 0.6) is 0 Å². The summed E-state index contributed by atoms with van der Waals surface area (Å²) in [7, 11) is -2.86. The van der Waals surface area contributed by atoms with Gasteiger partial charge in [0.15, 0.2) is 0 Å². The molecule has 146 valence electrons. The van der Waals surface area contributed by atoms with Gasteiger partial charge in [-0.3, -0.25) is 4.57 Å². The van der Waals surface area contributed by atoms with Gasteiger partial charge in [0.1, 0.15) is 0 Å². The van der Waals surface area contributed by atoms with Gasteiger partial charge in [-0.2, -0.15) is 0 Å². The van der Waals surface area contributed by atoms with Crippen molar-refractivity contribution in [3.8, 4) is 0 Å². The molecule has 1 aliphatic carbocycles. The van der Waals surface area contributed by atoms with Crippen LogP contribution in [0.3, 0.4) is 0 Å². The van der Waals surface area contributed by atoms with Crippen LogP contribution in [-0.2, 0) is 4.57 Å². The smallest absolute Gasteiger partial charge is 0.270 e. The maximum absolute atomic E-state index is 14.5. The molecule has 2 fully saturated rings. The molecule has 1 aliphatic heterocycles. The number of nitrogens with zero attached hydrogens (tertiary/aromatic N) is 2. The molecular weight excluding hydrogens is 365 g/mol. The van der Waals surface area contributed by atoms with Gasteiger partial charge in [-0.15, -0.1) is 0 Å². The molecule has 0 radical (unpaired) electrons. The number of benzene rings is 1. The van der Waals surface area contributed by atoms with Crippen molar-refractivity contribution in [1.29, 1.82) is 0 Å². The zero-order valence-corrected chi connectivity index (χ0v) is 18.3. The highest BCUT2D eigenvalue weighted by atomic mass is 35.5. The highest BCUT2D eigenvalue weighted by molar-refractivity contribution is 7.57. The van der Waals surface area contributed by atoms with E-state index in [2.05, 4.69) is 49.0 Å². The number of hydrogen-bond donors (Lipinski definition) is 1. The lowest BCUT2D eigenvalue weighted by Crippen LogP contribution is -2.43. The van der Waals surface area contributed by atoms with Gasteiger partial charge < -0.3 is 0 Å². The van der Waals surface area contributed by atoms with Crippen LogP contribution in [0.2, 0.25) is 5.02 Å². The molecule has 6 heteroatoms. The fourth-order valence-electron chi connectivity index (χ4n) is 4.83. The average molecular weight is 398 g/mol. The topological polar surface area (TPSA) is 35.6 Å². The van der Waals surface area contributed by atoms with Gasteiger partial charge in [0.2, 0.25) is 0 Å². The predicted octanol–water partition coefficient (Wildman–Crippen LogP) is 5.84. The molecule has 1 heterocycles. The van der Waals surface area contributed by atoms with Gasteiger partial charge in [-0.25, -0.2) is 14.4 Å². The monoisotopic (exact) mass is 397 g/mol. The summed E-state index contributed by atoms with van der Waals surface area (Å²) in [6.45, 7) is 10.8. The van der Waals surface area contributed by atoms with E-state index in [0.29, 0.717) is 12.1 Å². The van der Waals surface area contributed by atoms with E-state index < -0.39 is 7.59 Å². The Bertz CT molecular complexity index is 636. The molecule has 2 aliphatic rings. The second kappa shape index (κ2) is 7.93. The summed E-state index contributed by atoms with van der Waals surface area (Å²) in [5.41, 5.74) is 1.12. The van der Waals surface area contributed by atoms with E-state index in [1.807, 2.05) is 24.3 Å². The third-order valence-electron chi connectivity index (χ3n) is 5.79. The van der Waals surface area contributed by atoms with Crippen LogP contribution in [0.25, 0.3) is 0 Å². The molecule has 3 atom stereocenters. The molecule has 1 N–H and O–H groups in total. The Morgan fingerprint density at radius 2 is 1.42 bits per heavy atom. The first-order chi connectivity index (χ1) is 12.3. The lowest BCUT2D eigenvalue weighted by molar-refractivity contribution is 0.173. The number of halogens is 1. The molecule has 3 rings (SSSR count). The molecule has 1 aromatic rings. The molecule has 1 saturated heterocycles. The van der Waals surface area contributed by atoms with Gasteiger partial charge in [0.05, 0.1) is 0 Å². The van der Waals surface area contributed by atoms with Crippen molar-refractivity contribution in [2.75, 3.05) is 0 Å². The van der Waals surface area contributed by atoms with E-state index in [1.165, 1.54) is 12.8 Å². The van der Waals surface area contributed by atoms with Crippen LogP contribution in [0, 0.1) is 0 Å². The van der Waals surface area contributed by atoms with Crippen molar-refractivity contribution < 1.29 is 4.57 Å². The van der Waals surface area contributed by atoms with Crippen LogP contribution < -0.4 is 5.09 Å². The average Bonchev–Trinajstić information content (AvgIpc) is 2.82. The molecule has 4 nitrogen and oxygen atoms in total. The second-order valence-electron chi connectivity index (χ2n) is 8.31. The predicted molar refractivity (Wildman–Crippen MR) is 111 cm³/mol. The minimum atomic E-state index is -2.86. The van der Waals surface area contributed by atoms with Crippen LogP contribution in [0.1, 0.15) is 71.9 Å². The maximum Gasteiger partial charge on any atom is 0.285 e. The Morgan fingerprint density at radius 3 is 1.85 bits per heavy atom. The SMILES string of the molecule is CC(C)N1[C@@H]2CCCC[C@H]2N(C(C)C)P1(=O)N[C@H](C)c1ccc(Cl)cc1. The van der Waals surface area contributed by atoms with E-state index >= 15 is 0 Å². The summed E-state index contributed by atoms with van der Waals surface area (Å²) in [6, 6.07) is 9.13. The number of nitrogens with one attached hydrogen (secondary N) is 1. The summed E-state index contributed by atoms with van der Waals surface area (Å²) in [5.74, 6) is 0. The Kier molecular flexibility index (Phi) is 6.21. The van der Waals surface area contributed by atoms with E-state index in [4.69, 9.17) is 11.6 Å². The minimum absolute atomic E-state index is 0.000697. The van der Waals surface area contributed by atoms with Crippen molar-refractivity contribution in [3.05, 3.63) is 34.9 Å². The standard InChI is InChI=1S/C20H33ClN3OP/c1-14(2)23-19-8-6-7-9-20(19)24(15(3)4)26(23,25)22-16(5)17-10-12-18(21)13-11-17/h10-16,19-20H,6-9H2,1-5H3,(H,22,25)/t16-,19-,20-/m1/s1. The van der Waals surface area contributed by atoms with E-state index in [1.54, 1.807) is 0 Å². The third kappa shape index (κ3) is 3.64. The zero-order valence-electron chi connectivity index (χ0n) is 16.7. The lowest BCUT2D eigenvalue weighted by atomic mass is 9.89. The van der Waals surface area contributed by atoms with Gasteiger partial charge >= 0.3 is 0 Å². The molecule has 0 amide bonds. The highest BCUT2D eigenvalue weighted by Crippen LogP contribution is 2.63. The van der Waals surface area contributed by atoms with Gasteiger partial charge in [-0.05, 0) is 65.2 Å². The molecule has 1 aromatic carbocycles. The summed E-state index contributed by atoms with van der Waals surface area (Å²) in [6.07, 6.45) is 4.77.